The van der Waals surface area contributed by atoms with Gasteiger partial charge >= 0.3 is 0 Å². The number of nitrogens with zero attached hydrogens (tertiary/aromatic N) is 4. The third kappa shape index (κ3) is 3.74. The molecular formula is C22H21N7S. The van der Waals surface area contributed by atoms with Crippen LogP contribution in [-0.4, -0.2) is 31.5 Å². The number of fused-ring (bicyclic) bond motifs is 3. The number of anilines is 1. The smallest absolute Gasteiger partial charge is 0.135 e. The molecule has 0 fully saturated rings. The molecule has 0 aliphatic carbocycles. The predicted octanol–water partition coefficient (Wildman–Crippen LogP) is 4.24. The summed E-state index contributed by atoms with van der Waals surface area (Å²) in [5.74, 6) is 0.503. The van der Waals surface area contributed by atoms with Crippen LogP contribution in [0.3, 0.4) is 0 Å². The zero-order valence-corrected chi connectivity index (χ0v) is 17.1. The van der Waals surface area contributed by atoms with Crippen LogP contribution in [0.5, 0.6) is 0 Å². The third-order valence-electron chi connectivity index (χ3n) is 4.94. The van der Waals surface area contributed by atoms with Gasteiger partial charge in [0.25, 0.3) is 0 Å². The number of hydrogen-bond acceptors (Lipinski definition) is 6. The Hall–Kier alpha value is -3.36. The Kier molecular flexibility index (Phi) is 5.08. The number of aromatic amines is 1. The lowest BCUT2D eigenvalue weighted by atomic mass is 10.1. The molecule has 0 bridgehead atoms. The van der Waals surface area contributed by atoms with Crippen LogP contribution in [0.2, 0.25) is 0 Å². The van der Waals surface area contributed by atoms with Crippen LogP contribution >= 0.6 is 11.9 Å². The molecular weight excluding hydrogens is 394 g/mol. The Morgan fingerprint density at radius 3 is 2.80 bits per heavy atom. The number of rotatable bonds is 7. The maximum Gasteiger partial charge on any atom is 0.135 e. The fraction of sp³-hybridized carbons (Fsp3) is 0.136. The summed E-state index contributed by atoms with van der Waals surface area (Å²) in [4.78, 5) is 5.82. The zero-order chi connectivity index (χ0) is 20.3. The average Bonchev–Trinajstić information content (AvgIpc) is 3.45. The number of aryl methyl sites for hydroxylation is 1. The first-order valence-corrected chi connectivity index (χ1v) is 10.6. The number of nitrogen functional groups attached to an aromatic ring is 1. The third-order valence-corrected chi connectivity index (χ3v) is 5.80. The van der Waals surface area contributed by atoms with Crippen molar-refractivity contribution in [3.63, 3.8) is 0 Å². The van der Waals surface area contributed by atoms with Gasteiger partial charge in [-0.05, 0) is 48.7 Å². The van der Waals surface area contributed by atoms with E-state index in [-0.39, 0.29) is 0 Å². The van der Waals surface area contributed by atoms with Gasteiger partial charge in [0.2, 0.25) is 0 Å². The van der Waals surface area contributed by atoms with Crippen molar-refractivity contribution < 1.29 is 0 Å². The zero-order valence-electron chi connectivity index (χ0n) is 16.2. The van der Waals surface area contributed by atoms with E-state index in [4.69, 9.17) is 10.8 Å². The Balaban J connectivity index is 1.32. The molecule has 4 N–H and O–H groups in total. The quantitative estimate of drug-likeness (QED) is 0.272. The van der Waals surface area contributed by atoms with E-state index in [1.807, 2.05) is 41.2 Å². The van der Waals surface area contributed by atoms with Crippen LogP contribution in [0.4, 0.5) is 5.82 Å². The van der Waals surface area contributed by atoms with E-state index >= 15 is 0 Å². The molecule has 30 heavy (non-hydrogen) atoms. The topological polar surface area (TPSA) is 97.4 Å². The largest absolute Gasteiger partial charge is 0.383 e. The summed E-state index contributed by atoms with van der Waals surface area (Å²) in [6, 6.07) is 18.3. The lowest BCUT2D eigenvalue weighted by molar-refractivity contribution is 0.583. The Labute approximate surface area is 177 Å². The Bertz CT molecular complexity index is 1280. The first-order valence-electron chi connectivity index (χ1n) is 9.79. The molecule has 3 heterocycles. The molecule has 3 aromatic heterocycles. The van der Waals surface area contributed by atoms with E-state index in [9.17, 15) is 0 Å². The second-order valence-corrected chi connectivity index (χ2v) is 7.98. The van der Waals surface area contributed by atoms with Gasteiger partial charge in [0.1, 0.15) is 11.3 Å². The number of aromatic nitrogens is 5. The van der Waals surface area contributed by atoms with Gasteiger partial charge in [-0.1, -0.05) is 24.3 Å². The number of benzene rings is 2. The molecule has 2 aromatic carbocycles. The molecule has 5 aromatic rings. The van der Waals surface area contributed by atoms with Crippen molar-refractivity contribution in [2.75, 3.05) is 12.3 Å². The summed E-state index contributed by atoms with van der Waals surface area (Å²) in [7, 11) is 0. The number of nitrogens with two attached hydrogens (primary N) is 1. The molecule has 0 amide bonds. The van der Waals surface area contributed by atoms with E-state index in [0.717, 1.165) is 52.6 Å². The van der Waals surface area contributed by atoms with Crippen LogP contribution in [0.25, 0.3) is 33.1 Å². The number of nitrogens with one attached hydrogen (secondary N) is 2. The number of pyridine rings is 1. The molecule has 0 saturated carbocycles. The van der Waals surface area contributed by atoms with E-state index in [0.29, 0.717) is 5.82 Å². The fourth-order valence-electron chi connectivity index (χ4n) is 3.46. The lowest BCUT2D eigenvalue weighted by Gasteiger charge is -2.04. The molecule has 0 spiro atoms. The summed E-state index contributed by atoms with van der Waals surface area (Å²) in [6.07, 6.45) is 4.69. The van der Waals surface area contributed by atoms with E-state index in [1.54, 1.807) is 18.1 Å². The van der Waals surface area contributed by atoms with Crippen molar-refractivity contribution in [3.05, 3.63) is 67.0 Å². The van der Waals surface area contributed by atoms with Gasteiger partial charge in [0, 0.05) is 41.3 Å². The molecule has 7 nitrogen and oxygen atoms in total. The minimum Gasteiger partial charge on any atom is -0.383 e. The second-order valence-electron chi connectivity index (χ2n) is 7.02. The predicted molar refractivity (Wildman–Crippen MR) is 122 cm³/mol. The summed E-state index contributed by atoms with van der Waals surface area (Å²) in [6.45, 7) is 1.70. The maximum atomic E-state index is 6.24. The van der Waals surface area contributed by atoms with Crippen LogP contribution in [0.15, 0.2) is 71.9 Å². The monoisotopic (exact) mass is 415 g/mol. The molecule has 0 aliphatic heterocycles. The summed E-state index contributed by atoms with van der Waals surface area (Å²) in [5, 5.41) is 13.7. The molecule has 8 heteroatoms. The molecule has 0 atom stereocenters. The van der Waals surface area contributed by atoms with Gasteiger partial charge in [-0.15, -0.1) is 0 Å². The van der Waals surface area contributed by atoms with Crippen molar-refractivity contribution >= 4 is 39.6 Å². The highest BCUT2D eigenvalue weighted by molar-refractivity contribution is 7.97. The van der Waals surface area contributed by atoms with Gasteiger partial charge in [0.05, 0.1) is 16.6 Å². The average molecular weight is 416 g/mol. The summed E-state index contributed by atoms with van der Waals surface area (Å²) < 4.78 is 5.35. The first kappa shape index (κ1) is 18.7. The highest BCUT2D eigenvalue weighted by atomic mass is 32.2. The van der Waals surface area contributed by atoms with E-state index < -0.39 is 0 Å². The Morgan fingerprint density at radius 1 is 1.07 bits per heavy atom. The molecule has 0 radical (unpaired) electrons. The van der Waals surface area contributed by atoms with Crippen molar-refractivity contribution in [2.45, 2.75) is 17.9 Å². The highest BCUT2D eigenvalue weighted by Gasteiger charge is 2.12. The van der Waals surface area contributed by atoms with Gasteiger partial charge in [-0.2, -0.15) is 10.2 Å². The van der Waals surface area contributed by atoms with Gasteiger partial charge in [-0.25, -0.2) is 4.98 Å². The van der Waals surface area contributed by atoms with Gasteiger partial charge in [0.15, 0.2) is 0 Å². The van der Waals surface area contributed by atoms with Crippen LogP contribution in [0.1, 0.15) is 6.42 Å². The standard InChI is InChI=1S/C22H21N7S/c23-22-18-14-29(12-4-10-25-30-16-5-2-1-3-6-16)28-21(18)17-8-7-15(13-20(17)26-22)19-9-11-24-27-19/h1-3,5-9,11,13-14,25H,4,10,12H2,(H2,23,26)(H,24,27). The van der Waals surface area contributed by atoms with Crippen molar-refractivity contribution in [3.8, 4) is 11.3 Å². The molecule has 0 saturated heterocycles. The van der Waals surface area contributed by atoms with Crippen molar-refractivity contribution in [1.29, 1.82) is 0 Å². The maximum absolute atomic E-state index is 6.24. The number of hydrogen-bond donors (Lipinski definition) is 3. The minimum atomic E-state index is 0.503. The second kappa shape index (κ2) is 8.17. The highest BCUT2D eigenvalue weighted by Crippen LogP contribution is 2.29. The fourth-order valence-corrected chi connectivity index (χ4v) is 4.16. The van der Waals surface area contributed by atoms with Gasteiger partial charge in [-0.3, -0.25) is 14.5 Å². The molecule has 0 unspecified atom stereocenters. The molecule has 150 valence electrons. The van der Waals surface area contributed by atoms with Crippen molar-refractivity contribution in [2.24, 2.45) is 0 Å². The van der Waals surface area contributed by atoms with Crippen LogP contribution < -0.4 is 10.5 Å². The molecule has 0 aliphatic rings. The van der Waals surface area contributed by atoms with Crippen molar-refractivity contribution in [1.82, 2.24) is 29.7 Å². The summed E-state index contributed by atoms with van der Waals surface area (Å²) >= 11 is 1.65. The van der Waals surface area contributed by atoms with Crippen LogP contribution in [0, 0.1) is 0 Å². The summed E-state index contributed by atoms with van der Waals surface area (Å²) in [5.41, 5.74) is 9.93. The normalized spacial score (nSPS) is 11.5. The lowest BCUT2D eigenvalue weighted by Crippen LogP contribution is -2.09. The Morgan fingerprint density at radius 2 is 1.97 bits per heavy atom. The van der Waals surface area contributed by atoms with Gasteiger partial charge < -0.3 is 5.73 Å². The molecule has 5 rings (SSSR count). The van der Waals surface area contributed by atoms with E-state index in [1.165, 1.54) is 4.90 Å². The minimum absolute atomic E-state index is 0.503. The SMILES string of the molecule is Nc1nc2cc(-c3ccn[nH]3)ccc2c2nn(CCCNSc3ccccc3)cc12. The number of H-pyrrole nitrogens is 1. The van der Waals surface area contributed by atoms with E-state index in [2.05, 4.69) is 44.2 Å². The van der Waals surface area contributed by atoms with Crippen LogP contribution in [-0.2, 0) is 6.54 Å². The first-order chi connectivity index (χ1) is 14.8.